The number of hydrogen-bond donors (Lipinski definition) is 0. The van der Waals surface area contributed by atoms with Crippen molar-refractivity contribution in [2.45, 2.75) is 32.2 Å². The summed E-state index contributed by atoms with van der Waals surface area (Å²) in [4.78, 5) is 19.2. The molecule has 132 valence electrons. The first-order chi connectivity index (χ1) is 12.7. The van der Waals surface area contributed by atoms with Crippen LogP contribution in [0.1, 0.15) is 35.9 Å². The summed E-state index contributed by atoms with van der Waals surface area (Å²) in [6.07, 6.45) is 2.21. The maximum Gasteiger partial charge on any atom is 0.249 e. The number of aromatic nitrogens is 2. The van der Waals surface area contributed by atoms with Gasteiger partial charge in [-0.2, -0.15) is 4.98 Å². The van der Waals surface area contributed by atoms with Gasteiger partial charge in [0.05, 0.1) is 6.42 Å². The number of carbonyl (C=O) groups is 1. The molecule has 1 saturated heterocycles. The highest BCUT2D eigenvalue weighted by Gasteiger charge is 2.34. The summed E-state index contributed by atoms with van der Waals surface area (Å²) in [5.74, 6) is 1.20. The molecule has 0 unspecified atom stereocenters. The number of nitrogens with zero attached hydrogens (tertiary/aromatic N) is 3. The molecule has 2 aromatic carbocycles. The zero-order chi connectivity index (χ0) is 17.9. The molecular weight excluding hydrogens is 326 g/mol. The molecule has 1 aromatic heterocycles. The number of likely N-dealkylation sites (tertiary alicyclic amines) is 1. The lowest BCUT2D eigenvalue weighted by Crippen LogP contribution is -2.32. The molecule has 4 rings (SSSR count). The predicted molar refractivity (Wildman–Crippen MR) is 98.3 cm³/mol. The lowest BCUT2D eigenvalue weighted by molar-refractivity contribution is -0.131. The number of amides is 1. The maximum atomic E-state index is 12.8. The van der Waals surface area contributed by atoms with Crippen LogP contribution in [0.4, 0.5) is 0 Å². The molecule has 2 heterocycles. The highest BCUT2D eigenvalue weighted by molar-refractivity contribution is 5.79. The minimum atomic E-state index is -0.128. The number of hydrogen-bond acceptors (Lipinski definition) is 4. The number of rotatable bonds is 4. The third-order valence-corrected chi connectivity index (χ3v) is 4.77. The summed E-state index contributed by atoms with van der Waals surface area (Å²) in [6, 6.07) is 17.7. The van der Waals surface area contributed by atoms with Gasteiger partial charge in [0.25, 0.3) is 0 Å². The third-order valence-electron chi connectivity index (χ3n) is 4.77. The third kappa shape index (κ3) is 3.38. The Kier molecular flexibility index (Phi) is 4.52. The summed E-state index contributed by atoms with van der Waals surface area (Å²) in [7, 11) is 0. The van der Waals surface area contributed by atoms with E-state index in [4.69, 9.17) is 4.52 Å². The van der Waals surface area contributed by atoms with Crippen LogP contribution < -0.4 is 0 Å². The van der Waals surface area contributed by atoms with Crippen molar-refractivity contribution in [3.05, 3.63) is 71.6 Å². The zero-order valence-electron chi connectivity index (χ0n) is 14.8. The van der Waals surface area contributed by atoms with Crippen LogP contribution in [0.5, 0.6) is 0 Å². The normalized spacial score (nSPS) is 16.8. The Morgan fingerprint density at radius 3 is 2.85 bits per heavy atom. The van der Waals surface area contributed by atoms with Gasteiger partial charge in [-0.15, -0.1) is 0 Å². The van der Waals surface area contributed by atoms with Crippen molar-refractivity contribution in [2.75, 3.05) is 6.54 Å². The highest BCUT2D eigenvalue weighted by atomic mass is 16.5. The lowest BCUT2D eigenvalue weighted by Gasteiger charge is -2.22. The van der Waals surface area contributed by atoms with Gasteiger partial charge in [-0.1, -0.05) is 65.3 Å². The highest BCUT2D eigenvalue weighted by Crippen LogP contribution is 2.32. The van der Waals surface area contributed by atoms with E-state index in [1.54, 1.807) is 0 Å². The van der Waals surface area contributed by atoms with Gasteiger partial charge in [0.1, 0.15) is 6.04 Å². The molecule has 5 nitrogen and oxygen atoms in total. The molecule has 1 atom stereocenters. The lowest BCUT2D eigenvalue weighted by atomic mass is 10.1. The Balaban J connectivity index is 1.51. The predicted octanol–water partition coefficient (Wildman–Crippen LogP) is 3.95. The van der Waals surface area contributed by atoms with Gasteiger partial charge in [-0.25, -0.2) is 0 Å². The summed E-state index contributed by atoms with van der Waals surface area (Å²) in [5.41, 5.74) is 3.12. The molecular formula is C21H21N3O2. The number of aryl methyl sites for hydroxylation is 1. The van der Waals surface area contributed by atoms with E-state index in [1.807, 2.05) is 60.4 Å². The van der Waals surface area contributed by atoms with Gasteiger partial charge in [0.15, 0.2) is 0 Å². The smallest absolute Gasteiger partial charge is 0.249 e. The van der Waals surface area contributed by atoms with E-state index in [0.717, 1.165) is 36.1 Å². The first kappa shape index (κ1) is 16.5. The van der Waals surface area contributed by atoms with E-state index in [-0.39, 0.29) is 11.9 Å². The molecule has 5 heteroatoms. The van der Waals surface area contributed by atoms with Crippen molar-refractivity contribution >= 4 is 5.91 Å². The molecule has 0 N–H and O–H groups in total. The van der Waals surface area contributed by atoms with Gasteiger partial charge in [0, 0.05) is 12.1 Å². The average molecular weight is 347 g/mol. The Hall–Kier alpha value is -2.95. The van der Waals surface area contributed by atoms with E-state index in [2.05, 4.69) is 16.2 Å². The van der Waals surface area contributed by atoms with Gasteiger partial charge >= 0.3 is 0 Å². The monoisotopic (exact) mass is 347 g/mol. The van der Waals surface area contributed by atoms with Crippen molar-refractivity contribution < 1.29 is 9.32 Å². The first-order valence-electron chi connectivity index (χ1n) is 8.95. The van der Waals surface area contributed by atoms with Crippen LogP contribution in [-0.4, -0.2) is 27.5 Å². The Labute approximate surface area is 152 Å². The Morgan fingerprint density at radius 2 is 2.04 bits per heavy atom. The molecule has 26 heavy (non-hydrogen) atoms. The van der Waals surface area contributed by atoms with Crippen molar-refractivity contribution in [1.29, 1.82) is 0 Å². The standard InChI is InChI=1S/C21H21N3O2/c1-15-7-5-8-16(13-15)14-19(25)24-12-6-11-18(24)21-22-20(23-26-21)17-9-3-2-4-10-17/h2-5,7-10,13,18H,6,11-12,14H2,1H3/t18-/m0/s1. The van der Waals surface area contributed by atoms with Crippen molar-refractivity contribution in [3.63, 3.8) is 0 Å². The zero-order valence-corrected chi connectivity index (χ0v) is 14.8. The molecule has 0 aliphatic carbocycles. The van der Waals surface area contributed by atoms with E-state index < -0.39 is 0 Å². The SMILES string of the molecule is Cc1cccc(CC(=O)N2CCC[C@H]2c2nc(-c3ccccc3)no2)c1. The quantitative estimate of drug-likeness (QED) is 0.717. The molecule has 3 aromatic rings. The van der Waals surface area contributed by atoms with Crippen molar-refractivity contribution in [1.82, 2.24) is 15.0 Å². The minimum absolute atomic E-state index is 0.109. The summed E-state index contributed by atoms with van der Waals surface area (Å²) >= 11 is 0. The van der Waals surface area contributed by atoms with Crippen LogP contribution in [0.2, 0.25) is 0 Å². The topological polar surface area (TPSA) is 59.2 Å². The molecule has 1 fully saturated rings. The van der Waals surface area contributed by atoms with Crippen LogP contribution >= 0.6 is 0 Å². The minimum Gasteiger partial charge on any atom is -0.337 e. The first-order valence-corrected chi connectivity index (χ1v) is 8.95. The fraction of sp³-hybridized carbons (Fsp3) is 0.286. The van der Waals surface area contributed by atoms with Crippen LogP contribution in [0.25, 0.3) is 11.4 Å². The summed E-state index contributed by atoms with van der Waals surface area (Å²) < 4.78 is 5.50. The van der Waals surface area contributed by atoms with E-state index in [1.165, 1.54) is 0 Å². The molecule has 1 aliphatic rings. The van der Waals surface area contributed by atoms with Gasteiger partial charge in [-0.3, -0.25) is 4.79 Å². The second kappa shape index (κ2) is 7.12. The van der Waals surface area contributed by atoms with Crippen LogP contribution in [0.3, 0.4) is 0 Å². The maximum absolute atomic E-state index is 12.8. The molecule has 0 bridgehead atoms. The fourth-order valence-electron chi connectivity index (χ4n) is 3.50. The van der Waals surface area contributed by atoms with Gasteiger partial charge in [0.2, 0.25) is 17.6 Å². The van der Waals surface area contributed by atoms with E-state index in [9.17, 15) is 4.79 Å². The van der Waals surface area contributed by atoms with Crippen LogP contribution in [0, 0.1) is 6.92 Å². The summed E-state index contributed by atoms with van der Waals surface area (Å²) in [6.45, 7) is 2.77. The molecule has 0 saturated carbocycles. The van der Waals surface area contributed by atoms with E-state index in [0.29, 0.717) is 18.1 Å². The molecule has 1 aliphatic heterocycles. The van der Waals surface area contributed by atoms with Crippen LogP contribution in [-0.2, 0) is 11.2 Å². The number of benzene rings is 2. The van der Waals surface area contributed by atoms with Crippen molar-refractivity contribution in [3.8, 4) is 11.4 Å². The molecule has 0 radical (unpaired) electrons. The summed E-state index contributed by atoms with van der Waals surface area (Å²) in [5, 5.41) is 4.10. The fourth-order valence-corrected chi connectivity index (χ4v) is 3.50. The number of carbonyl (C=O) groups excluding carboxylic acids is 1. The second-order valence-corrected chi connectivity index (χ2v) is 6.73. The molecule has 0 spiro atoms. The second-order valence-electron chi connectivity index (χ2n) is 6.73. The van der Waals surface area contributed by atoms with E-state index >= 15 is 0 Å². The Bertz CT molecular complexity index is 904. The largest absolute Gasteiger partial charge is 0.337 e. The van der Waals surface area contributed by atoms with Crippen molar-refractivity contribution in [2.24, 2.45) is 0 Å². The van der Waals surface area contributed by atoms with Crippen LogP contribution in [0.15, 0.2) is 59.1 Å². The average Bonchev–Trinajstić information content (AvgIpc) is 3.32. The Morgan fingerprint density at radius 1 is 1.19 bits per heavy atom. The van der Waals surface area contributed by atoms with Gasteiger partial charge < -0.3 is 9.42 Å². The molecule has 1 amide bonds. The van der Waals surface area contributed by atoms with Gasteiger partial charge in [-0.05, 0) is 25.3 Å².